The SMILES string of the molecule is CCOC(=O)CSc1cnc(NC(=O)N(C2CCC2)C2CCC(C)CC2)s1. The number of nitrogens with zero attached hydrogens (tertiary/aromatic N) is 2. The molecule has 1 heterocycles. The van der Waals surface area contributed by atoms with Gasteiger partial charge in [-0.3, -0.25) is 10.1 Å². The van der Waals surface area contributed by atoms with Crippen LogP contribution < -0.4 is 5.32 Å². The van der Waals surface area contributed by atoms with Crippen molar-refractivity contribution in [2.45, 2.75) is 75.1 Å². The first kappa shape index (κ1) is 20.5. The minimum absolute atomic E-state index is 0.0180. The van der Waals surface area contributed by atoms with E-state index in [2.05, 4.69) is 22.1 Å². The molecule has 0 atom stereocenters. The van der Waals surface area contributed by atoms with E-state index < -0.39 is 0 Å². The number of rotatable bonds is 7. The minimum Gasteiger partial charge on any atom is -0.465 e. The molecule has 8 heteroatoms. The summed E-state index contributed by atoms with van der Waals surface area (Å²) in [7, 11) is 0. The molecule has 6 nitrogen and oxygen atoms in total. The highest BCUT2D eigenvalue weighted by Gasteiger charge is 2.36. The first-order chi connectivity index (χ1) is 13.1. The molecule has 2 aliphatic rings. The lowest BCUT2D eigenvalue weighted by Crippen LogP contribution is -2.52. The Morgan fingerprint density at radius 3 is 2.59 bits per heavy atom. The van der Waals surface area contributed by atoms with Gasteiger partial charge >= 0.3 is 12.0 Å². The summed E-state index contributed by atoms with van der Waals surface area (Å²) in [4.78, 5) is 30.9. The van der Waals surface area contributed by atoms with Gasteiger partial charge in [0.25, 0.3) is 0 Å². The number of amides is 2. The molecule has 0 aliphatic heterocycles. The van der Waals surface area contributed by atoms with E-state index in [1.807, 2.05) is 0 Å². The van der Waals surface area contributed by atoms with Crippen LogP contribution in [0, 0.1) is 5.92 Å². The highest BCUT2D eigenvalue weighted by molar-refractivity contribution is 8.01. The number of hydrogen-bond acceptors (Lipinski definition) is 6. The van der Waals surface area contributed by atoms with E-state index in [9.17, 15) is 9.59 Å². The van der Waals surface area contributed by atoms with Crippen molar-refractivity contribution in [1.82, 2.24) is 9.88 Å². The third kappa shape index (κ3) is 5.60. The lowest BCUT2D eigenvalue weighted by atomic mass is 9.83. The van der Waals surface area contributed by atoms with Gasteiger partial charge in [0, 0.05) is 12.1 Å². The molecule has 0 bridgehead atoms. The minimum atomic E-state index is -0.232. The molecule has 2 aliphatic carbocycles. The number of urea groups is 1. The smallest absolute Gasteiger partial charge is 0.324 e. The topological polar surface area (TPSA) is 71.5 Å². The van der Waals surface area contributed by atoms with Crippen molar-refractivity contribution in [1.29, 1.82) is 0 Å². The van der Waals surface area contributed by atoms with Crippen LogP contribution in [0.1, 0.15) is 58.8 Å². The molecule has 150 valence electrons. The number of aromatic nitrogens is 1. The molecule has 2 fully saturated rings. The lowest BCUT2D eigenvalue weighted by molar-refractivity contribution is -0.139. The Kier molecular flexibility index (Phi) is 7.41. The maximum atomic E-state index is 13.0. The number of thiazole rings is 1. The van der Waals surface area contributed by atoms with Gasteiger partial charge in [-0.1, -0.05) is 18.3 Å². The summed E-state index contributed by atoms with van der Waals surface area (Å²) in [6.07, 6.45) is 9.74. The molecular formula is C19H29N3O3S2. The standard InChI is InChI=1S/C19H29N3O3S2/c1-3-25-16(23)12-26-17-11-20-18(27-17)21-19(24)22(14-5-4-6-14)15-9-7-13(2)8-10-15/h11,13-15H,3-10,12H2,1-2H3,(H,20,21,24). The summed E-state index contributed by atoms with van der Waals surface area (Å²) in [6.45, 7) is 4.49. The van der Waals surface area contributed by atoms with E-state index in [4.69, 9.17) is 4.74 Å². The number of ether oxygens (including phenoxy) is 1. The van der Waals surface area contributed by atoms with Gasteiger partial charge in [0.1, 0.15) is 0 Å². The van der Waals surface area contributed by atoms with Crippen LogP contribution in [0.5, 0.6) is 0 Å². The molecule has 2 saturated carbocycles. The first-order valence-electron chi connectivity index (χ1n) is 9.90. The van der Waals surface area contributed by atoms with Gasteiger partial charge in [-0.15, -0.1) is 11.8 Å². The van der Waals surface area contributed by atoms with Gasteiger partial charge in [-0.2, -0.15) is 0 Å². The van der Waals surface area contributed by atoms with Crippen molar-refractivity contribution in [3.8, 4) is 0 Å². The van der Waals surface area contributed by atoms with Crippen molar-refractivity contribution < 1.29 is 14.3 Å². The Bertz CT molecular complexity index is 640. The highest BCUT2D eigenvalue weighted by Crippen LogP contribution is 2.35. The molecule has 1 N–H and O–H groups in total. The maximum absolute atomic E-state index is 13.0. The second kappa shape index (κ2) is 9.78. The molecule has 3 rings (SSSR count). The lowest BCUT2D eigenvalue weighted by Gasteiger charge is -2.44. The van der Waals surface area contributed by atoms with Gasteiger partial charge in [-0.25, -0.2) is 9.78 Å². The number of carbonyl (C=O) groups excluding carboxylic acids is 2. The number of thioether (sulfide) groups is 1. The van der Waals surface area contributed by atoms with Gasteiger partial charge < -0.3 is 9.64 Å². The molecule has 0 unspecified atom stereocenters. The van der Waals surface area contributed by atoms with Crippen LogP contribution in [-0.4, -0.2) is 46.3 Å². The van der Waals surface area contributed by atoms with Crippen LogP contribution >= 0.6 is 23.1 Å². The molecule has 27 heavy (non-hydrogen) atoms. The molecule has 1 aromatic heterocycles. The van der Waals surface area contributed by atoms with E-state index in [0.29, 0.717) is 23.8 Å². The zero-order valence-electron chi connectivity index (χ0n) is 16.1. The van der Waals surface area contributed by atoms with Crippen LogP contribution in [0.15, 0.2) is 10.4 Å². The third-order valence-corrected chi connectivity index (χ3v) is 7.50. The summed E-state index contributed by atoms with van der Waals surface area (Å²) in [5.74, 6) is 0.799. The van der Waals surface area contributed by atoms with Crippen molar-refractivity contribution in [2.24, 2.45) is 5.92 Å². The summed E-state index contributed by atoms with van der Waals surface area (Å²) in [5, 5.41) is 3.59. The largest absolute Gasteiger partial charge is 0.465 e. The second-order valence-corrected chi connectivity index (χ2v) is 9.72. The molecule has 2 amide bonds. The Balaban J connectivity index is 1.56. The van der Waals surface area contributed by atoms with Crippen LogP contribution in [0.4, 0.5) is 9.93 Å². The van der Waals surface area contributed by atoms with Crippen LogP contribution in [-0.2, 0) is 9.53 Å². The van der Waals surface area contributed by atoms with Gasteiger partial charge in [0.05, 0.1) is 22.8 Å². The van der Waals surface area contributed by atoms with E-state index in [-0.39, 0.29) is 17.8 Å². The molecule has 0 radical (unpaired) electrons. The molecule has 0 spiro atoms. The number of hydrogen-bond donors (Lipinski definition) is 1. The Labute approximate surface area is 169 Å². The summed E-state index contributed by atoms with van der Waals surface area (Å²) in [5.41, 5.74) is 0. The third-order valence-electron chi connectivity index (χ3n) is 5.42. The Morgan fingerprint density at radius 1 is 1.26 bits per heavy atom. The molecule has 0 aromatic carbocycles. The van der Waals surface area contributed by atoms with Crippen LogP contribution in [0.2, 0.25) is 0 Å². The van der Waals surface area contributed by atoms with Gasteiger partial charge in [0.2, 0.25) is 0 Å². The average Bonchev–Trinajstić information content (AvgIpc) is 3.05. The summed E-state index contributed by atoms with van der Waals surface area (Å²) >= 11 is 2.80. The average molecular weight is 412 g/mol. The number of esters is 1. The second-order valence-electron chi connectivity index (χ2n) is 7.41. The Hall–Kier alpha value is -1.28. The fraction of sp³-hybridized carbons (Fsp3) is 0.737. The quantitative estimate of drug-likeness (QED) is 0.517. The summed E-state index contributed by atoms with van der Waals surface area (Å²) in [6, 6.07) is 0.709. The Morgan fingerprint density at radius 2 is 1.96 bits per heavy atom. The number of anilines is 1. The number of carbonyl (C=O) groups is 2. The van der Waals surface area contributed by atoms with E-state index >= 15 is 0 Å². The predicted octanol–water partition coefficient (Wildman–Crippen LogP) is 4.76. The van der Waals surface area contributed by atoms with E-state index in [1.165, 1.54) is 42.4 Å². The molecular weight excluding hydrogens is 382 g/mol. The van der Waals surface area contributed by atoms with Gasteiger partial charge in [0.15, 0.2) is 5.13 Å². The zero-order chi connectivity index (χ0) is 19.2. The summed E-state index contributed by atoms with van der Waals surface area (Å²) < 4.78 is 5.84. The number of nitrogens with one attached hydrogen (secondary N) is 1. The molecule has 1 aromatic rings. The zero-order valence-corrected chi connectivity index (χ0v) is 17.7. The van der Waals surface area contributed by atoms with Crippen molar-refractivity contribution in [3.05, 3.63) is 6.20 Å². The van der Waals surface area contributed by atoms with Crippen molar-refractivity contribution >= 4 is 40.2 Å². The van der Waals surface area contributed by atoms with Crippen LogP contribution in [0.25, 0.3) is 0 Å². The normalized spacial score (nSPS) is 22.7. The van der Waals surface area contributed by atoms with E-state index in [1.54, 1.807) is 13.1 Å². The maximum Gasteiger partial charge on any atom is 0.324 e. The van der Waals surface area contributed by atoms with Crippen molar-refractivity contribution in [2.75, 3.05) is 17.7 Å². The predicted molar refractivity (Wildman–Crippen MR) is 109 cm³/mol. The fourth-order valence-corrected chi connectivity index (χ4v) is 5.35. The monoisotopic (exact) mass is 411 g/mol. The fourth-order valence-electron chi connectivity index (χ4n) is 3.69. The highest BCUT2D eigenvalue weighted by atomic mass is 32.2. The van der Waals surface area contributed by atoms with Crippen molar-refractivity contribution in [3.63, 3.8) is 0 Å². The first-order valence-corrected chi connectivity index (χ1v) is 11.7. The molecule has 0 saturated heterocycles. The van der Waals surface area contributed by atoms with Crippen LogP contribution in [0.3, 0.4) is 0 Å². The van der Waals surface area contributed by atoms with Gasteiger partial charge in [-0.05, 0) is 57.8 Å². The van der Waals surface area contributed by atoms with E-state index in [0.717, 1.165) is 35.8 Å².